The van der Waals surface area contributed by atoms with Crippen LogP contribution in [0.4, 0.5) is 5.82 Å². The smallest absolute Gasteiger partial charge is 0.256 e. The number of nitrogens with zero attached hydrogens (tertiary/aromatic N) is 3. The van der Waals surface area contributed by atoms with Crippen molar-refractivity contribution in [1.82, 2.24) is 14.8 Å². The predicted molar refractivity (Wildman–Crippen MR) is 129 cm³/mol. The van der Waals surface area contributed by atoms with Crippen molar-refractivity contribution in [1.29, 1.82) is 0 Å². The minimum Gasteiger partial charge on any atom is -0.306 e. The van der Waals surface area contributed by atoms with Gasteiger partial charge in [0.25, 0.3) is 5.91 Å². The largest absolute Gasteiger partial charge is 0.306 e. The number of para-hydroxylation sites is 1. The first-order chi connectivity index (χ1) is 15.8. The fourth-order valence-corrected chi connectivity index (χ4v) is 5.16. The van der Waals surface area contributed by atoms with Crippen molar-refractivity contribution in [2.24, 2.45) is 0 Å². The van der Waals surface area contributed by atoms with Crippen LogP contribution in [-0.4, -0.2) is 20.7 Å². The van der Waals surface area contributed by atoms with Gasteiger partial charge in [-0.25, -0.2) is 4.98 Å². The monoisotopic (exact) mass is 436 g/mol. The minimum atomic E-state index is -0.137. The Labute approximate surface area is 189 Å². The SMILES string of the molecule is O=C(Nc1c2c(nn1-c1nc3ccccc3s1)CCC2)c1ccc(-c2ccccc2)cc1. The van der Waals surface area contributed by atoms with E-state index in [1.54, 1.807) is 11.3 Å². The summed E-state index contributed by atoms with van der Waals surface area (Å²) < 4.78 is 2.91. The Morgan fingerprint density at radius 1 is 0.875 bits per heavy atom. The van der Waals surface area contributed by atoms with Gasteiger partial charge in [0.2, 0.25) is 5.13 Å². The molecule has 5 nitrogen and oxygen atoms in total. The first-order valence-corrected chi connectivity index (χ1v) is 11.5. The van der Waals surface area contributed by atoms with Crippen LogP contribution in [0.5, 0.6) is 0 Å². The van der Waals surface area contributed by atoms with E-state index in [-0.39, 0.29) is 5.91 Å². The van der Waals surface area contributed by atoms with Crippen molar-refractivity contribution in [3.63, 3.8) is 0 Å². The average Bonchev–Trinajstić information content (AvgIpc) is 3.55. The number of aryl methyl sites for hydroxylation is 1. The third kappa shape index (κ3) is 3.29. The standard InChI is InChI=1S/C26H20N4OS/c31-25(19-15-13-18(14-16-19)17-7-2-1-3-8-17)28-24-20-9-6-11-21(20)29-30(24)26-27-22-10-4-5-12-23(22)32-26/h1-5,7-8,10,12-16H,6,9,11H2,(H,28,31). The molecule has 2 heterocycles. The summed E-state index contributed by atoms with van der Waals surface area (Å²) in [5.74, 6) is 0.607. The minimum absolute atomic E-state index is 0.137. The van der Waals surface area contributed by atoms with Crippen LogP contribution >= 0.6 is 11.3 Å². The van der Waals surface area contributed by atoms with E-state index in [0.29, 0.717) is 5.56 Å². The van der Waals surface area contributed by atoms with E-state index in [9.17, 15) is 4.79 Å². The fourth-order valence-electron chi connectivity index (χ4n) is 4.23. The summed E-state index contributed by atoms with van der Waals surface area (Å²) in [4.78, 5) is 17.9. The molecule has 0 saturated heterocycles. The zero-order valence-corrected chi connectivity index (χ0v) is 18.1. The zero-order valence-electron chi connectivity index (χ0n) is 17.3. The van der Waals surface area contributed by atoms with Gasteiger partial charge in [-0.3, -0.25) is 4.79 Å². The van der Waals surface area contributed by atoms with Gasteiger partial charge in [-0.05, 0) is 54.7 Å². The van der Waals surface area contributed by atoms with Gasteiger partial charge in [-0.2, -0.15) is 9.78 Å². The number of amides is 1. The Morgan fingerprint density at radius 3 is 2.44 bits per heavy atom. The molecule has 0 fully saturated rings. The Hall–Kier alpha value is -3.77. The van der Waals surface area contributed by atoms with Crippen LogP contribution in [0.3, 0.4) is 0 Å². The van der Waals surface area contributed by atoms with Crippen molar-refractivity contribution in [3.05, 3.63) is 95.7 Å². The quantitative estimate of drug-likeness (QED) is 0.382. The van der Waals surface area contributed by atoms with E-state index >= 15 is 0 Å². The lowest BCUT2D eigenvalue weighted by atomic mass is 10.0. The van der Waals surface area contributed by atoms with Gasteiger partial charge in [0, 0.05) is 11.1 Å². The Morgan fingerprint density at radius 2 is 1.62 bits per heavy atom. The van der Waals surface area contributed by atoms with Crippen LogP contribution in [0, 0.1) is 0 Å². The number of carbonyl (C=O) groups excluding carboxylic acids is 1. The molecule has 1 amide bonds. The van der Waals surface area contributed by atoms with Gasteiger partial charge in [-0.15, -0.1) is 0 Å². The van der Waals surface area contributed by atoms with E-state index in [1.807, 2.05) is 65.3 Å². The summed E-state index contributed by atoms with van der Waals surface area (Å²) in [5, 5.41) is 8.72. The molecule has 0 saturated carbocycles. The van der Waals surface area contributed by atoms with Crippen molar-refractivity contribution in [2.75, 3.05) is 5.32 Å². The number of rotatable bonds is 4. The molecule has 0 unspecified atom stereocenters. The van der Waals surface area contributed by atoms with Gasteiger partial charge in [0.15, 0.2) is 0 Å². The molecule has 32 heavy (non-hydrogen) atoms. The lowest BCUT2D eigenvalue weighted by molar-refractivity contribution is 0.102. The van der Waals surface area contributed by atoms with E-state index in [2.05, 4.69) is 23.5 Å². The molecule has 2 aromatic heterocycles. The first kappa shape index (κ1) is 19.0. The summed E-state index contributed by atoms with van der Waals surface area (Å²) in [5.41, 5.74) is 5.96. The summed E-state index contributed by atoms with van der Waals surface area (Å²) in [6.45, 7) is 0. The number of hydrogen-bond donors (Lipinski definition) is 1. The van der Waals surface area contributed by atoms with E-state index < -0.39 is 0 Å². The molecule has 0 radical (unpaired) electrons. The number of hydrogen-bond acceptors (Lipinski definition) is 4. The molecule has 0 atom stereocenters. The molecular weight excluding hydrogens is 416 g/mol. The lowest BCUT2D eigenvalue weighted by Gasteiger charge is -2.10. The summed E-state index contributed by atoms with van der Waals surface area (Å²) in [6, 6.07) is 25.9. The molecule has 0 aliphatic heterocycles. The van der Waals surface area contributed by atoms with Crippen molar-refractivity contribution >= 4 is 33.3 Å². The van der Waals surface area contributed by atoms with Crippen LogP contribution in [-0.2, 0) is 12.8 Å². The van der Waals surface area contributed by atoms with E-state index in [1.165, 1.54) is 0 Å². The van der Waals surface area contributed by atoms with Crippen LogP contribution in [0.25, 0.3) is 26.5 Å². The predicted octanol–water partition coefficient (Wildman–Crippen LogP) is 5.89. The molecule has 1 aliphatic rings. The number of anilines is 1. The van der Waals surface area contributed by atoms with Crippen LogP contribution in [0.1, 0.15) is 28.0 Å². The highest BCUT2D eigenvalue weighted by molar-refractivity contribution is 7.20. The molecule has 156 valence electrons. The molecule has 6 rings (SSSR count). The third-order valence-electron chi connectivity index (χ3n) is 5.86. The normalized spacial score (nSPS) is 12.8. The Balaban J connectivity index is 1.33. The molecule has 6 heteroatoms. The zero-order chi connectivity index (χ0) is 21.5. The van der Waals surface area contributed by atoms with Crippen molar-refractivity contribution < 1.29 is 4.79 Å². The van der Waals surface area contributed by atoms with Gasteiger partial charge >= 0.3 is 0 Å². The molecule has 1 aliphatic carbocycles. The maximum absolute atomic E-state index is 13.1. The number of benzene rings is 3. The summed E-state index contributed by atoms with van der Waals surface area (Å²) in [6.07, 6.45) is 2.91. The highest BCUT2D eigenvalue weighted by atomic mass is 32.1. The molecule has 0 bridgehead atoms. The van der Waals surface area contributed by atoms with Crippen LogP contribution < -0.4 is 5.32 Å². The van der Waals surface area contributed by atoms with Crippen LogP contribution in [0.2, 0.25) is 0 Å². The van der Waals surface area contributed by atoms with Gasteiger partial charge in [0.1, 0.15) is 5.82 Å². The lowest BCUT2D eigenvalue weighted by Crippen LogP contribution is -2.16. The number of nitrogens with one attached hydrogen (secondary N) is 1. The fraction of sp³-hybridized carbons (Fsp3) is 0.115. The van der Waals surface area contributed by atoms with Gasteiger partial charge < -0.3 is 5.32 Å². The highest BCUT2D eigenvalue weighted by Crippen LogP contribution is 2.34. The number of aromatic nitrogens is 3. The molecule has 3 aromatic carbocycles. The first-order valence-electron chi connectivity index (χ1n) is 10.7. The van der Waals surface area contributed by atoms with E-state index in [4.69, 9.17) is 10.1 Å². The van der Waals surface area contributed by atoms with Gasteiger partial charge in [-0.1, -0.05) is 65.9 Å². The summed E-state index contributed by atoms with van der Waals surface area (Å²) in [7, 11) is 0. The molecule has 1 N–H and O–H groups in total. The second-order valence-electron chi connectivity index (χ2n) is 7.90. The third-order valence-corrected chi connectivity index (χ3v) is 6.87. The second kappa shape index (κ2) is 7.73. The average molecular weight is 437 g/mol. The van der Waals surface area contributed by atoms with Crippen molar-refractivity contribution in [2.45, 2.75) is 19.3 Å². The molecule has 0 spiro atoms. The Bertz CT molecular complexity index is 1400. The maximum atomic E-state index is 13.1. The Kier molecular flexibility index (Phi) is 4.58. The van der Waals surface area contributed by atoms with Gasteiger partial charge in [0.05, 0.1) is 15.9 Å². The highest BCUT2D eigenvalue weighted by Gasteiger charge is 2.26. The second-order valence-corrected chi connectivity index (χ2v) is 8.91. The number of carbonyl (C=O) groups is 1. The summed E-state index contributed by atoms with van der Waals surface area (Å²) >= 11 is 1.58. The topological polar surface area (TPSA) is 59.8 Å². The number of fused-ring (bicyclic) bond motifs is 2. The van der Waals surface area contributed by atoms with Crippen molar-refractivity contribution in [3.8, 4) is 16.3 Å². The number of thiazole rings is 1. The maximum Gasteiger partial charge on any atom is 0.256 e. The van der Waals surface area contributed by atoms with E-state index in [0.717, 1.165) is 62.8 Å². The molecule has 5 aromatic rings. The van der Waals surface area contributed by atoms with Crippen LogP contribution in [0.15, 0.2) is 78.9 Å². The molecular formula is C26H20N4OS.